The molecule has 130 valence electrons. The zero-order valence-electron chi connectivity index (χ0n) is 13.6. The lowest BCUT2D eigenvalue weighted by atomic mass is 10.2. The first-order valence-electron chi connectivity index (χ1n) is 7.12. The molecule has 1 aromatic heterocycles. The average Bonchev–Trinajstić information content (AvgIpc) is 2.47. The number of aryl methyl sites for hydroxylation is 1. The number of anilines is 1. The van der Waals surface area contributed by atoms with Crippen LogP contribution >= 0.6 is 0 Å². The van der Waals surface area contributed by atoms with E-state index in [1.54, 1.807) is 14.0 Å². The highest BCUT2D eigenvalue weighted by atomic mass is 32.2. The minimum absolute atomic E-state index is 0.000368. The predicted molar refractivity (Wildman–Crippen MR) is 85.1 cm³/mol. The minimum atomic E-state index is -4.64. The summed E-state index contributed by atoms with van der Waals surface area (Å²) in [6.07, 6.45) is 0. The maximum absolute atomic E-state index is 14.1. The number of sulfone groups is 1. The van der Waals surface area contributed by atoms with E-state index in [2.05, 4.69) is 9.97 Å². The van der Waals surface area contributed by atoms with Crippen molar-refractivity contribution < 1.29 is 17.2 Å². The van der Waals surface area contributed by atoms with Gasteiger partial charge in [-0.15, -0.1) is 0 Å². The van der Waals surface area contributed by atoms with Crippen molar-refractivity contribution in [3.63, 3.8) is 0 Å². The molecule has 6 nitrogen and oxygen atoms in total. The molecular weight excluding hydrogens is 340 g/mol. The maximum Gasteiger partial charge on any atom is 0.256 e. The Bertz CT molecular complexity index is 932. The van der Waals surface area contributed by atoms with Gasteiger partial charge in [0.15, 0.2) is 5.03 Å². The Kier molecular flexibility index (Phi) is 4.75. The van der Waals surface area contributed by atoms with Crippen molar-refractivity contribution in [1.82, 2.24) is 9.97 Å². The van der Waals surface area contributed by atoms with Crippen LogP contribution in [0.5, 0.6) is 0 Å². The molecule has 0 aliphatic heterocycles. The number of benzene rings is 1. The summed E-state index contributed by atoms with van der Waals surface area (Å²) in [5.74, 6) is -2.45. The van der Waals surface area contributed by atoms with E-state index in [0.29, 0.717) is 6.54 Å². The normalized spacial score (nSPS) is 11.6. The van der Waals surface area contributed by atoms with E-state index in [-0.39, 0.29) is 17.1 Å². The standard InChI is InChI=1S/C15H17F2N3O3S/c1-5-20(4)15-18-13(21)9(3)14(19-15)24(22,23)12-10(16)6-8(2)7-11(12)17/h6-7H,5H2,1-4H3,(H,18,19,21). The number of hydrogen-bond acceptors (Lipinski definition) is 5. The van der Waals surface area contributed by atoms with Crippen LogP contribution in [0.3, 0.4) is 0 Å². The molecule has 0 saturated heterocycles. The van der Waals surface area contributed by atoms with Gasteiger partial charge in [0, 0.05) is 13.6 Å². The van der Waals surface area contributed by atoms with Crippen molar-refractivity contribution >= 4 is 15.8 Å². The fourth-order valence-corrected chi connectivity index (χ4v) is 3.66. The van der Waals surface area contributed by atoms with Gasteiger partial charge in [0.05, 0.1) is 5.56 Å². The van der Waals surface area contributed by atoms with E-state index in [9.17, 15) is 22.0 Å². The highest BCUT2D eigenvalue weighted by molar-refractivity contribution is 7.91. The third-order valence-corrected chi connectivity index (χ3v) is 5.43. The summed E-state index contributed by atoms with van der Waals surface area (Å²) in [6.45, 7) is 4.89. The zero-order valence-corrected chi connectivity index (χ0v) is 14.5. The van der Waals surface area contributed by atoms with Gasteiger partial charge in [-0.2, -0.15) is 0 Å². The summed E-state index contributed by atoms with van der Waals surface area (Å²) in [4.78, 5) is 18.7. The molecule has 0 fully saturated rings. The first-order valence-corrected chi connectivity index (χ1v) is 8.60. The van der Waals surface area contributed by atoms with Gasteiger partial charge in [-0.3, -0.25) is 9.78 Å². The Morgan fingerprint density at radius 2 is 1.75 bits per heavy atom. The SMILES string of the molecule is CCN(C)c1nc(S(=O)(=O)c2c(F)cc(C)cc2F)c(C)c(=O)[nH]1. The van der Waals surface area contributed by atoms with Gasteiger partial charge in [0.25, 0.3) is 5.56 Å². The van der Waals surface area contributed by atoms with Gasteiger partial charge in [-0.25, -0.2) is 22.2 Å². The summed E-state index contributed by atoms with van der Waals surface area (Å²) in [7, 11) is -3.05. The lowest BCUT2D eigenvalue weighted by Gasteiger charge is -2.17. The second kappa shape index (κ2) is 6.31. The van der Waals surface area contributed by atoms with E-state index in [1.165, 1.54) is 18.7 Å². The fraction of sp³-hybridized carbons (Fsp3) is 0.333. The number of nitrogens with one attached hydrogen (secondary N) is 1. The summed E-state index contributed by atoms with van der Waals surface area (Å²) in [5.41, 5.74) is -0.680. The Balaban J connectivity index is 2.80. The van der Waals surface area contributed by atoms with Gasteiger partial charge in [0.2, 0.25) is 15.8 Å². The van der Waals surface area contributed by atoms with Gasteiger partial charge in [-0.1, -0.05) is 0 Å². The molecule has 9 heteroatoms. The van der Waals surface area contributed by atoms with Crippen LogP contribution in [-0.2, 0) is 9.84 Å². The fourth-order valence-electron chi connectivity index (χ4n) is 2.13. The van der Waals surface area contributed by atoms with Gasteiger partial charge >= 0.3 is 0 Å². The lowest BCUT2D eigenvalue weighted by Crippen LogP contribution is -2.26. The molecule has 1 N–H and O–H groups in total. The number of rotatable bonds is 4. The first-order chi connectivity index (χ1) is 11.1. The molecule has 0 amide bonds. The summed E-state index contributed by atoms with van der Waals surface area (Å²) in [6, 6.07) is 1.83. The number of aromatic nitrogens is 2. The van der Waals surface area contributed by atoms with Crippen LogP contribution in [0.2, 0.25) is 0 Å². The number of aromatic amines is 1. The molecule has 2 rings (SSSR count). The number of H-pyrrole nitrogens is 1. The molecule has 1 aromatic carbocycles. The summed E-state index contributed by atoms with van der Waals surface area (Å²) < 4.78 is 53.6. The van der Waals surface area contributed by atoms with Gasteiger partial charge in [-0.05, 0) is 38.5 Å². The molecule has 0 spiro atoms. The Labute approximate surface area is 138 Å². The first kappa shape index (κ1) is 18.1. The van der Waals surface area contributed by atoms with Crippen molar-refractivity contribution in [1.29, 1.82) is 0 Å². The number of hydrogen-bond donors (Lipinski definition) is 1. The molecule has 1 heterocycles. The maximum atomic E-state index is 14.1. The molecular formula is C15H17F2N3O3S. The van der Waals surface area contributed by atoms with Crippen molar-refractivity contribution in [3.8, 4) is 0 Å². The van der Waals surface area contributed by atoms with Crippen LogP contribution in [0.15, 0.2) is 26.8 Å². The van der Waals surface area contributed by atoms with Crippen LogP contribution in [0, 0.1) is 25.5 Å². The Morgan fingerprint density at radius 3 is 2.25 bits per heavy atom. The molecule has 0 saturated carbocycles. The van der Waals surface area contributed by atoms with Crippen molar-refractivity contribution in [2.75, 3.05) is 18.5 Å². The van der Waals surface area contributed by atoms with Crippen LogP contribution in [0.4, 0.5) is 14.7 Å². The lowest BCUT2D eigenvalue weighted by molar-refractivity contribution is 0.516. The second-order valence-electron chi connectivity index (χ2n) is 5.39. The largest absolute Gasteiger partial charge is 0.346 e. The number of halogens is 2. The third-order valence-electron chi connectivity index (χ3n) is 3.60. The Hall–Kier alpha value is -2.29. The Morgan fingerprint density at radius 1 is 1.21 bits per heavy atom. The quantitative estimate of drug-likeness (QED) is 0.846. The smallest absolute Gasteiger partial charge is 0.256 e. The molecule has 0 aliphatic carbocycles. The minimum Gasteiger partial charge on any atom is -0.346 e. The average molecular weight is 357 g/mol. The second-order valence-corrected chi connectivity index (χ2v) is 7.20. The topological polar surface area (TPSA) is 83.1 Å². The van der Waals surface area contributed by atoms with Crippen LogP contribution in [-0.4, -0.2) is 32.0 Å². The summed E-state index contributed by atoms with van der Waals surface area (Å²) >= 11 is 0. The van der Waals surface area contributed by atoms with Crippen molar-refractivity contribution in [2.24, 2.45) is 0 Å². The van der Waals surface area contributed by atoms with E-state index in [4.69, 9.17) is 0 Å². The van der Waals surface area contributed by atoms with Crippen molar-refractivity contribution in [3.05, 3.63) is 45.2 Å². The molecule has 0 unspecified atom stereocenters. The van der Waals surface area contributed by atoms with Crippen molar-refractivity contribution in [2.45, 2.75) is 30.7 Å². The van der Waals surface area contributed by atoms with E-state index < -0.39 is 37.0 Å². The molecule has 0 radical (unpaired) electrons. The molecule has 2 aromatic rings. The van der Waals surface area contributed by atoms with E-state index in [0.717, 1.165) is 12.1 Å². The molecule has 0 bridgehead atoms. The molecule has 0 aliphatic rings. The number of nitrogens with zero attached hydrogens (tertiary/aromatic N) is 2. The summed E-state index contributed by atoms with van der Waals surface area (Å²) in [5, 5.41) is -0.664. The monoisotopic (exact) mass is 357 g/mol. The highest BCUT2D eigenvalue weighted by Gasteiger charge is 2.31. The zero-order chi connectivity index (χ0) is 18.2. The molecule has 0 atom stereocenters. The van der Waals surface area contributed by atoms with Gasteiger partial charge in [0.1, 0.15) is 16.5 Å². The van der Waals surface area contributed by atoms with Crippen LogP contribution in [0.1, 0.15) is 18.1 Å². The van der Waals surface area contributed by atoms with Crippen LogP contribution in [0.25, 0.3) is 0 Å². The highest BCUT2D eigenvalue weighted by Crippen LogP contribution is 2.27. The third kappa shape index (κ3) is 3.03. The van der Waals surface area contributed by atoms with Gasteiger partial charge < -0.3 is 4.90 Å². The van der Waals surface area contributed by atoms with Crippen LogP contribution < -0.4 is 10.5 Å². The van der Waals surface area contributed by atoms with E-state index >= 15 is 0 Å². The predicted octanol–water partition coefficient (Wildman–Crippen LogP) is 1.95. The molecule has 24 heavy (non-hydrogen) atoms. The van der Waals surface area contributed by atoms with E-state index in [1.807, 2.05) is 0 Å².